The summed E-state index contributed by atoms with van der Waals surface area (Å²) < 4.78 is 6.22. The van der Waals surface area contributed by atoms with E-state index in [4.69, 9.17) is 10.2 Å². The third kappa shape index (κ3) is 2.41. The molecule has 0 aliphatic rings. The highest BCUT2D eigenvalue weighted by molar-refractivity contribution is 9.10. The normalized spacial score (nSPS) is 10.6. The maximum absolute atomic E-state index is 5.76. The van der Waals surface area contributed by atoms with E-state index >= 15 is 0 Å². The zero-order chi connectivity index (χ0) is 11.5. The van der Waals surface area contributed by atoms with Gasteiger partial charge >= 0.3 is 0 Å². The summed E-state index contributed by atoms with van der Waals surface area (Å²) in [5, 5.41) is 0.933. The van der Waals surface area contributed by atoms with Crippen LogP contribution in [0.1, 0.15) is 11.3 Å². The average Bonchev–Trinajstić information content (AvgIpc) is 2.78. The van der Waals surface area contributed by atoms with Crippen LogP contribution < -0.4 is 5.73 Å². The van der Waals surface area contributed by atoms with Crippen LogP contribution in [0, 0.1) is 6.92 Å². The highest BCUT2D eigenvalue weighted by Crippen LogP contribution is 2.32. The molecule has 2 heterocycles. The van der Waals surface area contributed by atoms with Crippen LogP contribution in [0.3, 0.4) is 0 Å². The maximum atomic E-state index is 5.76. The number of halogens is 1. The minimum atomic E-state index is 0.703. The fourth-order valence-corrected chi connectivity index (χ4v) is 2.73. The Morgan fingerprint density at radius 1 is 1.56 bits per heavy atom. The number of nitrogens with two attached hydrogens (primary N) is 1. The molecular formula is C11H11BrN2OS. The highest BCUT2D eigenvalue weighted by atomic mass is 79.9. The van der Waals surface area contributed by atoms with E-state index in [1.165, 1.54) is 0 Å². The van der Waals surface area contributed by atoms with Crippen LogP contribution in [0.4, 0.5) is 5.69 Å². The van der Waals surface area contributed by atoms with E-state index in [1.807, 2.05) is 19.1 Å². The van der Waals surface area contributed by atoms with E-state index < -0.39 is 0 Å². The third-order valence-electron chi connectivity index (χ3n) is 2.20. The molecule has 0 amide bonds. The average molecular weight is 299 g/mol. The number of pyridine rings is 1. The zero-order valence-corrected chi connectivity index (χ0v) is 11.1. The number of hydrogen-bond acceptors (Lipinski definition) is 4. The first-order valence-corrected chi connectivity index (χ1v) is 6.52. The Morgan fingerprint density at radius 2 is 2.38 bits per heavy atom. The molecule has 2 rings (SSSR count). The minimum absolute atomic E-state index is 0.703. The first kappa shape index (κ1) is 11.5. The molecule has 5 heteroatoms. The molecule has 0 spiro atoms. The number of anilines is 1. The van der Waals surface area contributed by atoms with Crippen molar-refractivity contribution in [3.63, 3.8) is 0 Å². The predicted molar refractivity (Wildman–Crippen MR) is 69.4 cm³/mol. The van der Waals surface area contributed by atoms with Crippen molar-refractivity contribution in [1.82, 2.24) is 4.98 Å². The molecule has 0 aliphatic heterocycles. The zero-order valence-electron chi connectivity index (χ0n) is 8.74. The molecule has 0 unspecified atom stereocenters. The molecule has 2 N–H and O–H groups in total. The lowest BCUT2D eigenvalue weighted by Crippen LogP contribution is -1.94. The SMILES string of the molecule is Cc1c(N)cnc(SCc2ccco2)c1Br. The number of thioether (sulfide) groups is 1. The molecular weight excluding hydrogens is 288 g/mol. The summed E-state index contributed by atoms with van der Waals surface area (Å²) in [5.41, 5.74) is 7.49. The van der Waals surface area contributed by atoms with E-state index in [2.05, 4.69) is 20.9 Å². The van der Waals surface area contributed by atoms with E-state index in [0.717, 1.165) is 26.6 Å². The standard InChI is InChI=1S/C11H11BrN2OS/c1-7-9(13)5-14-11(10(7)12)16-6-8-3-2-4-15-8/h2-5H,6,13H2,1H3. The first-order valence-electron chi connectivity index (χ1n) is 4.74. The van der Waals surface area contributed by atoms with Gasteiger partial charge in [0.1, 0.15) is 10.8 Å². The van der Waals surface area contributed by atoms with Gasteiger partial charge in [-0.05, 0) is 40.5 Å². The van der Waals surface area contributed by atoms with Crippen molar-refractivity contribution in [2.24, 2.45) is 0 Å². The van der Waals surface area contributed by atoms with Crippen LogP contribution in [-0.2, 0) is 5.75 Å². The Labute approximate surface area is 107 Å². The summed E-state index contributed by atoms with van der Waals surface area (Å²) in [6.45, 7) is 1.97. The molecule has 0 saturated heterocycles. The molecule has 2 aromatic rings. The van der Waals surface area contributed by atoms with Crippen LogP contribution in [0.2, 0.25) is 0 Å². The van der Waals surface area contributed by atoms with Crippen molar-refractivity contribution in [3.05, 3.63) is 40.4 Å². The van der Waals surface area contributed by atoms with Gasteiger partial charge in [0.2, 0.25) is 0 Å². The second-order valence-corrected chi connectivity index (χ2v) is 5.08. The molecule has 0 bridgehead atoms. The van der Waals surface area contributed by atoms with Gasteiger partial charge in [-0.2, -0.15) is 0 Å². The summed E-state index contributed by atoms with van der Waals surface area (Å²) in [6.07, 6.45) is 3.36. The van der Waals surface area contributed by atoms with Gasteiger partial charge in [0.05, 0.1) is 28.4 Å². The number of hydrogen-bond donors (Lipinski definition) is 1. The van der Waals surface area contributed by atoms with Gasteiger partial charge in [-0.15, -0.1) is 0 Å². The van der Waals surface area contributed by atoms with E-state index in [9.17, 15) is 0 Å². The van der Waals surface area contributed by atoms with Gasteiger partial charge < -0.3 is 10.2 Å². The fraction of sp³-hybridized carbons (Fsp3) is 0.182. The number of aromatic nitrogens is 1. The van der Waals surface area contributed by atoms with E-state index in [1.54, 1.807) is 24.2 Å². The maximum Gasteiger partial charge on any atom is 0.114 e. The van der Waals surface area contributed by atoms with Gasteiger partial charge in [-0.25, -0.2) is 4.98 Å². The Bertz CT molecular complexity index is 485. The fourth-order valence-electron chi connectivity index (χ4n) is 1.20. The Morgan fingerprint density at radius 3 is 3.06 bits per heavy atom. The summed E-state index contributed by atoms with van der Waals surface area (Å²) >= 11 is 5.12. The van der Waals surface area contributed by atoms with Crippen LogP contribution in [0.15, 0.2) is 38.5 Å². The number of nitrogen functional groups attached to an aromatic ring is 1. The molecule has 0 atom stereocenters. The topological polar surface area (TPSA) is 52.0 Å². The largest absolute Gasteiger partial charge is 0.468 e. The summed E-state index contributed by atoms with van der Waals surface area (Å²) in [4.78, 5) is 4.29. The second kappa shape index (κ2) is 4.93. The van der Waals surface area contributed by atoms with Crippen LogP contribution in [-0.4, -0.2) is 4.98 Å². The van der Waals surface area contributed by atoms with Crippen molar-refractivity contribution >= 4 is 33.4 Å². The quantitative estimate of drug-likeness (QED) is 0.879. The molecule has 16 heavy (non-hydrogen) atoms. The van der Waals surface area contributed by atoms with Crippen LogP contribution in [0.25, 0.3) is 0 Å². The summed E-state index contributed by atoms with van der Waals surface area (Å²) in [7, 11) is 0. The van der Waals surface area contributed by atoms with E-state index in [-0.39, 0.29) is 0 Å². The van der Waals surface area contributed by atoms with Gasteiger partial charge in [0, 0.05) is 0 Å². The van der Waals surface area contributed by atoms with Gasteiger partial charge in [0.15, 0.2) is 0 Å². The molecule has 3 nitrogen and oxygen atoms in total. The monoisotopic (exact) mass is 298 g/mol. The molecule has 2 aromatic heterocycles. The van der Waals surface area contributed by atoms with Gasteiger partial charge in [0.25, 0.3) is 0 Å². The third-order valence-corrected chi connectivity index (χ3v) is 4.45. The molecule has 84 valence electrons. The smallest absolute Gasteiger partial charge is 0.114 e. The van der Waals surface area contributed by atoms with Crippen molar-refractivity contribution in [2.45, 2.75) is 17.7 Å². The number of furan rings is 1. The summed E-state index contributed by atoms with van der Waals surface area (Å²) in [6, 6.07) is 3.83. The predicted octanol–water partition coefficient (Wildman–Crippen LogP) is 3.62. The Kier molecular flexibility index (Phi) is 3.56. The highest BCUT2D eigenvalue weighted by Gasteiger charge is 2.08. The Balaban J connectivity index is 2.13. The van der Waals surface area contributed by atoms with Crippen molar-refractivity contribution < 1.29 is 4.42 Å². The van der Waals surface area contributed by atoms with Crippen molar-refractivity contribution in [3.8, 4) is 0 Å². The van der Waals surface area contributed by atoms with Gasteiger partial charge in [-0.1, -0.05) is 11.8 Å². The number of rotatable bonds is 3. The summed E-state index contributed by atoms with van der Waals surface area (Å²) in [5.74, 6) is 1.70. The molecule has 0 radical (unpaired) electrons. The first-order chi connectivity index (χ1) is 7.68. The molecule has 0 aromatic carbocycles. The van der Waals surface area contributed by atoms with E-state index in [0.29, 0.717) is 5.69 Å². The number of nitrogens with zero attached hydrogens (tertiary/aromatic N) is 1. The van der Waals surface area contributed by atoms with Crippen molar-refractivity contribution in [1.29, 1.82) is 0 Å². The molecule has 0 fully saturated rings. The van der Waals surface area contributed by atoms with Crippen molar-refractivity contribution in [2.75, 3.05) is 5.73 Å². The molecule has 0 aliphatic carbocycles. The lowest BCUT2D eigenvalue weighted by atomic mass is 10.3. The van der Waals surface area contributed by atoms with Crippen LogP contribution in [0.5, 0.6) is 0 Å². The Hall–Kier alpha value is -0.940. The lowest BCUT2D eigenvalue weighted by molar-refractivity contribution is 0.530. The second-order valence-electron chi connectivity index (χ2n) is 3.33. The van der Waals surface area contributed by atoms with Crippen LogP contribution >= 0.6 is 27.7 Å². The molecule has 0 saturated carbocycles. The van der Waals surface area contributed by atoms with Gasteiger partial charge in [-0.3, -0.25) is 0 Å². The minimum Gasteiger partial charge on any atom is -0.468 e. The lowest BCUT2D eigenvalue weighted by Gasteiger charge is -2.07.